The number of ether oxygens (including phenoxy) is 1. The molecule has 2 aromatic carbocycles. The summed E-state index contributed by atoms with van der Waals surface area (Å²) >= 11 is 0. The highest BCUT2D eigenvalue weighted by Gasteiger charge is 2.23. The van der Waals surface area contributed by atoms with Gasteiger partial charge in [-0.25, -0.2) is 4.39 Å². The largest absolute Gasteiger partial charge is 0.378 e. The highest BCUT2D eigenvalue weighted by Crippen LogP contribution is 2.22. The first-order valence-corrected chi connectivity index (χ1v) is 11.0. The maximum Gasteiger partial charge on any atom is 0.191 e. The third kappa shape index (κ3) is 5.47. The summed E-state index contributed by atoms with van der Waals surface area (Å²) in [4.78, 5) is 8.78. The van der Waals surface area contributed by atoms with Gasteiger partial charge in [0, 0.05) is 51.5 Å². The Balaban J connectivity index is 1.29. The molecule has 6 nitrogen and oxygen atoms in total. The molecule has 2 aromatic rings. The van der Waals surface area contributed by atoms with Gasteiger partial charge in [0.05, 0.1) is 18.9 Å². The number of nitrogens with one attached hydrogen (secondary N) is 2. The molecule has 2 aliphatic heterocycles. The van der Waals surface area contributed by atoms with Gasteiger partial charge in [-0.05, 0) is 43.2 Å². The van der Waals surface area contributed by atoms with Gasteiger partial charge >= 0.3 is 0 Å². The van der Waals surface area contributed by atoms with Crippen LogP contribution in [0.4, 0.5) is 15.8 Å². The minimum absolute atomic E-state index is 0.186. The number of benzene rings is 2. The molecule has 0 aromatic heterocycles. The minimum atomic E-state index is -0.186. The van der Waals surface area contributed by atoms with Gasteiger partial charge in [0.1, 0.15) is 5.82 Å². The van der Waals surface area contributed by atoms with Crippen LogP contribution in [0.3, 0.4) is 0 Å². The lowest BCUT2D eigenvalue weighted by molar-refractivity contribution is 0.122. The average molecular weight is 426 g/mol. The molecule has 0 radical (unpaired) electrons. The molecule has 2 fully saturated rings. The van der Waals surface area contributed by atoms with Crippen LogP contribution in [0.25, 0.3) is 0 Å². The number of nitrogens with zero attached hydrogens (tertiary/aromatic N) is 3. The maximum absolute atomic E-state index is 14.6. The summed E-state index contributed by atoms with van der Waals surface area (Å²) in [7, 11) is 1.77. The number of aryl methyl sites for hydroxylation is 1. The lowest BCUT2D eigenvalue weighted by atomic mass is 10.1. The van der Waals surface area contributed by atoms with E-state index >= 15 is 0 Å². The second-order valence-electron chi connectivity index (χ2n) is 8.22. The first kappa shape index (κ1) is 21.4. The number of morpholine rings is 1. The quantitative estimate of drug-likeness (QED) is 0.570. The second-order valence-corrected chi connectivity index (χ2v) is 8.22. The van der Waals surface area contributed by atoms with Crippen molar-refractivity contribution in [3.8, 4) is 0 Å². The molecule has 0 amide bonds. The molecule has 1 unspecified atom stereocenters. The topological polar surface area (TPSA) is 52.1 Å². The van der Waals surface area contributed by atoms with E-state index in [4.69, 9.17) is 4.74 Å². The first-order chi connectivity index (χ1) is 15.1. The Hall–Kier alpha value is -2.80. The number of rotatable bonds is 5. The molecular formula is C24H32FN5O. The Morgan fingerprint density at radius 2 is 1.87 bits per heavy atom. The average Bonchev–Trinajstić information content (AvgIpc) is 3.26. The maximum atomic E-state index is 14.6. The van der Waals surface area contributed by atoms with Crippen LogP contribution in [0.2, 0.25) is 0 Å². The molecule has 166 valence electrons. The van der Waals surface area contributed by atoms with Crippen molar-refractivity contribution in [3.05, 3.63) is 59.4 Å². The molecule has 2 N–H and O–H groups in total. The lowest BCUT2D eigenvalue weighted by Crippen LogP contribution is -2.44. The summed E-state index contributed by atoms with van der Waals surface area (Å²) < 4.78 is 20.0. The predicted molar refractivity (Wildman–Crippen MR) is 125 cm³/mol. The smallest absolute Gasteiger partial charge is 0.191 e. The van der Waals surface area contributed by atoms with E-state index in [1.165, 1.54) is 11.3 Å². The van der Waals surface area contributed by atoms with Crippen molar-refractivity contribution in [3.63, 3.8) is 0 Å². The van der Waals surface area contributed by atoms with Crippen LogP contribution in [0.15, 0.2) is 47.5 Å². The van der Waals surface area contributed by atoms with Crippen LogP contribution in [-0.2, 0) is 11.3 Å². The summed E-state index contributed by atoms with van der Waals surface area (Å²) in [6.07, 6.45) is 1.05. The van der Waals surface area contributed by atoms with Gasteiger partial charge in [-0.2, -0.15) is 0 Å². The summed E-state index contributed by atoms with van der Waals surface area (Å²) in [5.74, 6) is 0.557. The zero-order chi connectivity index (χ0) is 21.6. The van der Waals surface area contributed by atoms with E-state index < -0.39 is 0 Å². The zero-order valence-electron chi connectivity index (χ0n) is 18.4. The van der Waals surface area contributed by atoms with Crippen LogP contribution in [0, 0.1) is 12.7 Å². The van der Waals surface area contributed by atoms with E-state index in [9.17, 15) is 4.39 Å². The van der Waals surface area contributed by atoms with E-state index in [0.717, 1.165) is 44.1 Å². The Morgan fingerprint density at radius 1 is 1.10 bits per heavy atom. The van der Waals surface area contributed by atoms with Crippen molar-refractivity contribution in [2.45, 2.75) is 25.9 Å². The van der Waals surface area contributed by atoms with Gasteiger partial charge in [0.2, 0.25) is 0 Å². The molecule has 31 heavy (non-hydrogen) atoms. The van der Waals surface area contributed by atoms with Crippen LogP contribution >= 0.6 is 0 Å². The summed E-state index contributed by atoms with van der Waals surface area (Å²) in [6.45, 7) is 7.33. The molecular weight excluding hydrogens is 393 g/mol. The summed E-state index contributed by atoms with van der Waals surface area (Å²) in [6, 6.07) is 14.4. The van der Waals surface area contributed by atoms with Gasteiger partial charge in [-0.1, -0.05) is 23.8 Å². The van der Waals surface area contributed by atoms with Crippen molar-refractivity contribution in [1.82, 2.24) is 10.6 Å². The molecule has 0 aliphatic carbocycles. The Bertz CT molecular complexity index is 895. The van der Waals surface area contributed by atoms with Crippen LogP contribution < -0.4 is 20.4 Å². The highest BCUT2D eigenvalue weighted by molar-refractivity contribution is 5.80. The van der Waals surface area contributed by atoms with Crippen molar-refractivity contribution in [2.75, 3.05) is 56.2 Å². The lowest BCUT2D eigenvalue weighted by Gasteiger charge is -2.29. The molecule has 2 aliphatic rings. The van der Waals surface area contributed by atoms with Crippen LogP contribution in [0.5, 0.6) is 0 Å². The SMILES string of the molecule is CN=C(NCc1ccc(N2CCOCC2)c(F)c1)NC1CCN(c2ccc(C)cc2)C1. The zero-order valence-corrected chi connectivity index (χ0v) is 18.4. The molecule has 1 atom stereocenters. The standard InChI is InChI=1S/C24H32FN5O/c1-18-3-6-21(7-4-18)30-10-9-20(17-30)28-24(26-2)27-16-19-5-8-23(22(25)15-19)29-11-13-31-14-12-29/h3-8,15,20H,9-14,16-17H2,1-2H3,(H2,26,27,28). The fourth-order valence-corrected chi connectivity index (χ4v) is 4.16. The van der Waals surface area contributed by atoms with Crippen LogP contribution in [0.1, 0.15) is 17.5 Å². The van der Waals surface area contributed by atoms with Crippen molar-refractivity contribution < 1.29 is 9.13 Å². The third-order valence-electron chi connectivity index (χ3n) is 5.98. The molecule has 0 saturated carbocycles. The molecule has 0 bridgehead atoms. The van der Waals surface area contributed by atoms with E-state index in [0.29, 0.717) is 31.5 Å². The molecule has 2 heterocycles. The third-order valence-corrected chi connectivity index (χ3v) is 5.98. The summed E-state index contributed by atoms with van der Waals surface area (Å²) in [5, 5.41) is 6.83. The molecule has 2 saturated heterocycles. The Labute approximate surface area is 184 Å². The van der Waals surface area contributed by atoms with E-state index in [2.05, 4.69) is 51.7 Å². The Morgan fingerprint density at radius 3 is 2.58 bits per heavy atom. The summed E-state index contributed by atoms with van der Waals surface area (Å²) in [5.41, 5.74) is 4.08. The molecule has 7 heteroatoms. The number of halogens is 1. The number of hydrogen-bond donors (Lipinski definition) is 2. The number of anilines is 2. The van der Waals surface area contributed by atoms with E-state index in [1.54, 1.807) is 13.1 Å². The van der Waals surface area contributed by atoms with Gasteiger partial charge in [-0.15, -0.1) is 0 Å². The van der Waals surface area contributed by atoms with Gasteiger partial charge in [0.25, 0.3) is 0 Å². The van der Waals surface area contributed by atoms with Crippen molar-refractivity contribution in [2.24, 2.45) is 4.99 Å². The second kappa shape index (κ2) is 10.0. The van der Waals surface area contributed by atoms with Gasteiger partial charge in [0.15, 0.2) is 5.96 Å². The fourth-order valence-electron chi connectivity index (χ4n) is 4.16. The number of guanidine groups is 1. The number of aliphatic imine (C=N–C) groups is 1. The molecule has 0 spiro atoms. The van der Waals surface area contributed by atoms with E-state index in [1.807, 2.05) is 17.0 Å². The van der Waals surface area contributed by atoms with Crippen molar-refractivity contribution >= 4 is 17.3 Å². The first-order valence-electron chi connectivity index (χ1n) is 11.0. The van der Waals surface area contributed by atoms with Crippen molar-refractivity contribution in [1.29, 1.82) is 0 Å². The monoisotopic (exact) mass is 425 g/mol. The predicted octanol–water partition coefficient (Wildman–Crippen LogP) is 2.91. The van der Waals surface area contributed by atoms with Gasteiger partial charge in [-0.3, -0.25) is 4.99 Å². The normalized spacial score (nSPS) is 19.6. The number of hydrogen-bond acceptors (Lipinski definition) is 4. The van der Waals surface area contributed by atoms with Gasteiger partial charge < -0.3 is 25.2 Å². The fraction of sp³-hybridized carbons (Fsp3) is 0.458. The van der Waals surface area contributed by atoms with Crippen LogP contribution in [-0.4, -0.2) is 58.4 Å². The molecule has 4 rings (SSSR count). The highest BCUT2D eigenvalue weighted by atomic mass is 19.1. The Kier molecular flexibility index (Phi) is 6.92. The van der Waals surface area contributed by atoms with E-state index in [-0.39, 0.29) is 5.82 Å². The minimum Gasteiger partial charge on any atom is -0.378 e.